The van der Waals surface area contributed by atoms with Gasteiger partial charge in [0.05, 0.1) is 0 Å². The quantitative estimate of drug-likeness (QED) is 0.490. The Balaban J connectivity index is 3.10. The first-order chi connectivity index (χ1) is 3.66. The lowest BCUT2D eigenvalue weighted by molar-refractivity contribution is 0.375. The third-order valence-electron chi connectivity index (χ3n) is 0.902. The van der Waals surface area contributed by atoms with Gasteiger partial charge in [0.25, 0.3) is 0 Å². The van der Waals surface area contributed by atoms with Crippen LogP contribution in [-0.2, 0) is 0 Å². The van der Waals surface area contributed by atoms with Crippen molar-refractivity contribution < 1.29 is 0 Å². The molecule has 8 heavy (non-hydrogen) atoms. The average Bonchev–Trinajstić information content (AvgIpc) is 1.65. The molecule has 3 heteroatoms. The van der Waals surface area contributed by atoms with Crippen molar-refractivity contribution in [3.8, 4) is 0 Å². The molecule has 0 saturated carbocycles. The van der Waals surface area contributed by atoms with Crippen molar-refractivity contribution in [3.63, 3.8) is 0 Å². The first kappa shape index (κ1) is 7.88. The van der Waals surface area contributed by atoms with Gasteiger partial charge in [-0.25, -0.2) is 0 Å². The van der Waals surface area contributed by atoms with Crippen molar-refractivity contribution >= 4 is 0 Å². The molecule has 0 aromatic heterocycles. The van der Waals surface area contributed by atoms with Gasteiger partial charge >= 0.3 is 0 Å². The van der Waals surface area contributed by atoms with Crippen LogP contribution in [0.3, 0.4) is 0 Å². The van der Waals surface area contributed by atoms with E-state index in [1.807, 2.05) is 19.0 Å². The Bertz CT molecular complexity index is 53.6. The van der Waals surface area contributed by atoms with Crippen LogP contribution >= 0.6 is 0 Å². The molecule has 0 spiro atoms. The monoisotopic (exact) mass is 117 g/mol. The van der Waals surface area contributed by atoms with Gasteiger partial charge in [-0.3, -0.25) is 0 Å². The van der Waals surface area contributed by atoms with Gasteiger partial charge in [-0.2, -0.15) is 0 Å². The Morgan fingerprint density at radius 3 is 2.12 bits per heavy atom. The van der Waals surface area contributed by atoms with Crippen molar-refractivity contribution in [2.75, 3.05) is 27.2 Å². The Labute approximate surface area is 50.6 Å². The Hall–Kier alpha value is -0.120. The smallest absolute Gasteiger partial charge is 0.0292 e. The first-order valence-electron chi connectivity index (χ1n) is 2.77. The third-order valence-corrected chi connectivity index (χ3v) is 0.902. The number of rotatable bonds is 3. The summed E-state index contributed by atoms with van der Waals surface area (Å²) in [4.78, 5) is 2.03. The van der Waals surface area contributed by atoms with Crippen LogP contribution in [0.15, 0.2) is 0 Å². The molecule has 50 valence electrons. The normalized spacial score (nSPS) is 14.6. The lowest BCUT2D eigenvalue weighted by Crippen LogP contribution is -2.39. The van der Waals surface area contributed by atoms with Gasteiger partial charge in [0.15, 0.2) is 0 Å². The molecule has 0 radical (unpaired) electrons. The molecule has 0 amide bonds. The van der Waals surface area contributed by atoms with E-state index in [-0.39, 0.29) is 6.04 Å². The molecule has 0 saturated heterocycles. The summed E-state index contributed by atoms with van der Waals surface area (Å²) in [5.41, 5.74) is 10.8. The summed E-state index contributed by atoms with van der Waals surface area (Å²) in [5, 5.41) is 0. The highest BCUT2D eigenvalue weighted by atomic mass is 15.1. The van der Waals surface area contributed by atoms with Crippen molar-refractivity contribution in [2.45, 2.75) is 6.04 Å². The SMILES string of the molecule is CN(C)C[C@H](N)CN. The number of likely N-dealkylation sites (N-methyl/N-ethyl adjacent to an activating group) is 1. The molecule has 0 aromatic carbocycles. The summed E-state index contributed by atoms with van der Waals surface area (Å²) in [7, 11) is 3.96. The van der Waals surface area contributed by atoms with E-state index in [9.17, 15) is 0 Å². The summed E-state index contributed by atoms with van der Waals surface area (Å²) in [6, 6.07) is 0.130. The van der Waals surface area contributed by atoms with Crippen LogP contribution in [0.25, 0.3) is 0 Å². The van der Waals surface area contributed by atoms with Crippen LogP contribution < -0.4 is 11.5 Å². The van der Waals surface area contributed by atoms with Crippen molar-refractivity contribution in [1.29, 1.82) is 0 Å². The molecular weight excluding hydrogens is 102 g/mol. The summed E-state index contributed by atoms with van der Waals surface area (Å²) in [6.45, 7) is 1.44. The van der Waals surface area contributed by atoms with E-state index in [1.165, 1.54) is 0 Å². The minimum Gasteiger partial charge on any atom is -0.329 e. The van der Waals surface area contributed by atoms with E-state index in [0.29, 0.717) is 6.54 Å². The summed E-state index contributed by atoms with van der Waals surface area (Å²) in [5.74, 6) is 0. The van der Waals surface area contributed by atoms with Gasteiger partial charge in [0.1, 0.15) is 0 Å². The highest BCUT2D eigenvalue weighted by molar-refractivity contribution is 4.63. The van der Waals surface area contributed by atoms with Gasteiger partial charge in [0.2, 0.25) is 0 Å². The lowest BCUT2D eigenvalue weighted by Gasteiger charge is -2.13. The number of nitrogens with zero attached hydrogens (tertiary/aromatic N) is 1. The minimum absolute atomic E-state index is 0.130. The van der Waals surface area contributed by atoms with Crippen LogP contribution in [0.2, 0.25) is 0 Å². The highest BCUT2D eigenvalue weighted by Gasteiger charge is 1.98. The van der Waals surface area contributed by atoms with E-state index in [0.717, 1.165) is 6.54 Å². The second-order valence-corrected chi connectivity index (χ2v) is 2.26. The second kappa shape index (κ2) is 3.83. The zero-order valence-electron chi connectivity index (χ0n) is 5.59. The summed E-state index contributed by atoms with van der Waals surface area (Å²) < 4.78 is 0. The van der Waals surface area contributed by atoms with E-state index >= 15 is 0 Å². The molecule has 4 N–H and O–H groups in total. The van der Waals surface area contributed by atoms with Gasteiger partial charge in [-0.15, -0.1) is 0 Å². The number of nitrogens with two attached hydrogens (primary N) is 2. The molecule has 0 aliphatic rings. The van der Waals surface area contributed by atoms with Crippen LogP contribution in [0.4, 0.5) is 0 Å². The number of hydrogen-bond donors (Lipinski definition) is 2. The fourth-order valence-corrected chi connectivity index (χ4v) is 0.544. The predicted molar refractivity (Wildman–Crippen MR) is 35.6 cm³/mol. The maximum Gasteiger partial charge on any atom is 0.0292 e. The van der Waals surface area contributed by atoms with E-state index < -0.39 is 0 Å². The Morgan fingerprint density at radius 1 is 1.50 bits per heavy atom. The van der Waals surface area contributed by atoms with E-state index in [1.54, 1.807) is 0 Å². The predicted octanol–water partition coefficient (Wildman–Crippen LogP) is -1.17. The zero-order valence-corrected chi connectivity index (χ0v) is 5.59. The largest absolute Gasteiger partial charge is 0.329 e. The third kappa shape index (κ3) is 4.05. The van der Waals surface area contributed by atoms with Crippen LogP contribution in [0.1, 0.15) is 0 Å². The van der Waals surface area contributed by atoms with Crippen molar-refractivity contribution in [2.24, 2.45) is 11.5 Å². The molecule has 3 nitrogen and oxygen atoms in total. The van der Waals surface area contributed by atoms with E-state index in [4.69, 9.17) is 11.5 Å². The van der Waals surface area contributed by atoms with Crippen LogP contribution in [0.5, 0.6) is 0 Å². The fraction of sp³-hybridized carbons (Fsp3) is 1.00. The maximum atomic E-state index is 5.51. The van der Waals surface area contributed by atoms with Gasteiger partial charge < -0.3 is 16.4 Å². The Kier molecular flexibility index (Phi) is 3.77. The molecule has 0 aromatic rings. The summed E-state index contributed by atoms with van der Waals surface area (Å²) in [6.07, 6.45) is 0. The van der Waals surface area contributed by atoms with Crippen LogP contribution in [0, 0.1) is 0 Å². The van der Waals surface area contributed by atoms with Gasteiger partial charge in [0, 0.05) is 19.1 Å². The maximum absolute atomic E-state index is 5.51. The molecule has 0 fully saturated rings. The molecule has 0 aliphatic carbocycles. The minimum atomic E-state index is 0.130. The highest BCUT2D eigenvalue weighted by Crippen LogP contribution is 1.76. The van der Waals surface area contributed by atoms with Crippen LogP contribution in [-0.4, -0.2) is 38.1 Å². The molecule has 0 rings (SSSR count). The second-order valence-electron chi connectivity index (χ2n) is 2.26. The van der Waals surface area contributed by atoms with Gasteiger partial charge in [-0.1, -0.05) is 0 Å². The van der Waals surface area contributed by atoms with E-state index in [2.05, 4.69) is 0 Å². The number of hydrogen-bond acceptors (Lipinski definition) is 3. The van der Waals surface area contributed by atoms with Gasteiger partial charge in [-0.05, 0) is 14.1 Å². The molecule has 0 bridgehead atoms. The van der Waals surface area contributed by atoms with Crippen molar-refractivity contribution in [3.05, 3.63) is 0 Å². The van der Waals surface area contributed by atoms with Crippen molar-refractivity contribution in [1.82, 2.24) is 4.90 Å². The topological polar surface area (TPSA) is 55.3 Å². The Morgan fingerprint density at radius 2 is 2.00 bits per heavy atom. The molecule has 0 unspecified atom stereocenters. The fourth-order valence-electron chi connectivity index (χ4n) is 0.544. The summed E-state index contributed by atoms with van der Waals surface area (Å²) >= 11 is 0. The zero-order chi connectivity index (χ0) is 6.57. The lowest BCUT2D eigenvalue weighted by atomic mass is 10.3. The first-order valence-corrected chi connectivity index (χ1v) is 2.77. The molecule has 0 heterocycles. The standard InChI is InChI=1S/C5H15N3/c1-8(2)4-5(7)3-6/h5H,3-4,6-7H2,1-2H3/t5-/m1/s1. The molecular formula is C5H15N3. The molecule has 1 atom stereocenters. The average molecular weight is 117 g/mol. The molecule has 0 aliphatic heterocycles.